The van der Waals surface area contributed by atoms with Crippen LogP contribution in [0.15, 0.2) is 40.9 Å². The topological polar surface area (TPSA) is 38.0 Å². The number of nitrogens with two attached hydrogens (primary N) is 1. The fourth-order valence-electron chi connectivity index (χ4n) is 2.42. The van der Waals surface area contributed by atoms with Crippen molar-refractivity contribution in [3.05, 3.63) is 68.1 Å². The van der Waals surface area contributed by atoms with Crippen LogP contribution in [0.5, 0.6) is 0 Å². The van der Waals surface area contributed by atoms with Crippen molar-refractivity contribution in [2.45, 2.75) is 26.3 Å². The van der Waals surface area contributed by atoms with Crippen LogP contribution in [0.1, 0.15) is 28.3 Å². The van der Waals surface area contributed by atoms with Gasteiger partial charge in [-0.25, -0.2) is 0 Å². The van der Waals surface area contributed by atoms with E-state index < -0.39 is 0 Å². The van der Waals surface area contributed by atoms with Crippen LogP contribution in [-0.4, -0.2) is 0 Å². The van der Waals surface area contributed by atoms with Gasteiger partial charge in [0.2, 0.25) is 0 Å². The van der Waals surface area contributed by atoms with Crippen molar-refractivity contribution >= 4 is 27.5 Å². The van der Waals surface area contributed by atoms with Crippen LogP contribution in [0, 0.1) is 13.8 Å². The smallest absolute Gasteiger partial charge is 0.0511 e. The van der Waals surface area contributed by atoms with E-state index in [-0.39, 0.29) is 6.04 Å². The first-order valence-corrected chi connectivity index (χ1v) is 7.66. The molecule has 0 bridgehead atoms. The molecule has 20 heavy (non-hydrogen) atoms. The minimum Gasteiger partial charge on any atom is -0.271 e. The molecule has 2 nitrogen and oxygen atoms in total. The number of nitrogens with one attached hydrogen (secondary N) is 1. The number of benzene rings is 2. The van der Waals surface area contributed by atoms with Crippen LogP contribution in [-0.2, 0) is 6.42 Å². The van der Waals surface area contributed by atoms with Crippen molar-refractivity contribution in [2.75, 3.05) is 0 Å². The lowest BCUT2D eigenvalue weighted by molar-refractivity contribution is 0.548. The van der Waals surface area contributed by atoms with Gasteiger partial charge < -0.3 is 0 Å². The number of rotatable bonds is 4. The first kappa shape index (κ1) is 15.5. The second-order valence-corrected chi connectivity index (χ2v) is 6.25. The number of aryl methyl sites for hydroxylation is 2. The van der Waals surface area contributed by atoms with E-state index in [0.717, 1.165) is 16.5 Å². The summed E-state index contributed by atoms with van der Waals surface area (Å²) < 4.78 is 0.971. The molecule has 0 heterocycles. The molecule has 0 amide bonds. The molecule has 2 aromatic carbocycles. The molecule has 0 saturated carbocycles. The first-order valence-electron chi connectivity index (χ1n) is 6.49. The number of hydrogen-bond donors (Lipinski definition) is 2. The Kier molecular flexibility index (Phi) is 5.22. The highest BCUT2D eigenvalue weighted by molar-refractivity contribution is 9.10. The molecule has 0 fully saturated rings. The van der Waals surface area contributed by atoms with E-state index in [4.69, 9.17) is 17.4 Å². The summed E-state index contributed by atoms with van der Waals surface area (Å²) in [5.41, 5.74) is 7.92. The monoisotopic (exact) mass is 352 g/mol. The third-order valence-corrected chi connectivity index (χ3v) is 4.51. The van der Waals surface area contributed by atoms with Gasteiger partial charge in [0.05, 0.1) is 6.04 Å². The Hall–Kier alpha value is -0.870. The summed E-state index contributed by atoms with van der Waals surface area (Å²) in [6.45, 7) is 4.26. The van der Waals surface area contributed by atoms with Crippen LogP contribution in [0.3, 0.4) is 0 Å². The van der Waals surface area contributed by atoms with Gasteiger partial charge in [-0.15, -0.1) is 0 Å². The van der Waals surface area contributed by atoms with Crippen molar-refractivity contribution in [2.24, 2.45) is 5.84 Å². The predicted octanol–water partition coefficient (Wildman–Crippen LogP) is 4.47. The maximum atomic E-state index is 5.99. The first-order chi connectivity index (χ1) is 9.52. The zero-order valence-corrected chi connectivity index (χ0v) is 13.9. The van der Waals surface area contributed by atoms with Crippen LogP contribution in [0.2, 0.25) is 5.02 Å². The fraction of sp³-hybridized carbons (Fsp3) is 0.250. The Morgan fingerprint density at radius 3 is 2.40 bits per heavy atom. The minimum absolute atomic E-state index is 0.0430. The van der Waals surface area contributed by atoms with Gasteiger partial charge in [0, 0.05) is 9.50 Å². The summed E-state index contributed by atoms with van der Waals surface area (Å²) >= 11 is 9.55. The largest absolute Gasteiger partial charge is 0.271 e. The van der Waals surface area contributed by atoms with E-state index in [1.165, 1.54) is 16.7 Å². The van der Waals surface area contributed by atoms with Gasteiger partial charge in [0.1, 0.15) is 0 Å². The van der Waals surface area contributed by atoms with Gasteiger partial charge in [0.25, 0.3) is 0 Å². The molecule has 0 aromatic heterocycles. The molecule has 0 aliphatic heterocycles. The molecule has 1 unspecified atom stereocenters. The highest BCUT2D eigenvalue weighted by atomic mass is 79.9. The van der Waals surface area contributed by atoms with Crippen LogP contribution < -0.4 is 11.3 Å². The van der Waals surface area contributed by atoms with Gasteiger partial charge in [0.15, 0.2) is 0 Å². The van der Waals surface area contributed by atoms with Gasteiger partial charge in [-0.05, 0) is 54.7 Å². The lowest BCUT2D eigenvalue weighted by Gasteiger charge is -2.20. The van der Waals surface area contributed by atoms with E-state index in [9.17, 15) is 0 Å². The molecule has 0 aliphatic rings. The second kappa shape index (κ2) is 6.72. The minimum atomic E-state index is 0.0430. The number of halogens is 2. The maximum Gasteiger partial charge on any atom is 0.0511 e. The summed E-state index contributed by atoms with van der Waals surface area (Å²) in [5.74, 6) is 5.76. The number of hydrazine groups is 1. The molecule has 0 saturated heterocycles. The standard InChI is InChI=1S/C16H18BrClN2/c1-10-4-3-5-11(2)14(10)9-16(20-19)13-7-6-12(18)8-15(13)17/h3-8,16,20H,9,19H2,1-2H3. The molecule has 2 aromatic rings. The van der Waals surface area contributed by atoms with Crippen LogP contribution in [0.25, 0.3) is 0 Å². The molecule has 0 aliphatic carbocycles. The average Bonchev–Trinajstić information content (AvgIpc) is 2.40. The Morgan fingerprint density at radius 2 is 1.85 bits per heavy atom. The molecular formula is C16H18BrClN2. The average molecular weight is 354 g/mol. The summed E-state index contributed by atoms with van der Waals surface area (Å²) in [6, 6.07) is 12.2. The van der Waals surface area contributed by atoms with E-state index in [2.05, 4.69) is 53.4 Å². The Labute approximate surface area is 133 Å². The van der Waals surface area contributed by atoms with E-state index >= 15 is 0 Å². The molecular weight excluding hydrogens is 336 g/mol. The van der Waals surface area contributed by atoms with E-state index in [0.29, 0.717) is 5.02 Å². The van der Waals surface area contributed by atoms with E-state index in [1.54, 1.807) is 0 Å². The van der Waals surface area contributed by atoms with Gasteiger partial charge in [-0.1, -0.05) is 51.8 Å². The zero-order valence-electron chi connectivity index (χ0n) is 11.6. The SMILES string of the molecule is Cc1cccc(C)c1CC(NN)c1ccc(Cl)cc1Br. The summed E-state index contributed by atoms with van der Waals surface area (Å²) in [6.07, 6.45) is 0.842. The molecule has 0 radical (unpaired) electrons. The molecule has 0 spiro atoms. The van der Waals surface area contributed by atoms with Crippen molar-refractivity contribution in [1.82, 2.24) is 5.43 Å². The normalized spacial score (nSPS) is 12.4. The molecule has 106 valence electrons. The lowest BCUT2D eigenvalue weighted by Crippen LogP contribution is -2.30. The van der Waals surface area contributed by atoms with Crippen molar-refractivity contribution < 1.29 is 0 Å². The van der Waals surface area contributed by atoms with Crippen molar-refractivity contribution in [3.63, 3.8) is 0 Å². The molecule has 1 atom stereocenters. The molecule has 4 heteroatoms. The van der Waals surface area contributed by atoms with E-state index in [1.807, 2.05) is 18.2 Å². The fourth-order valence-corrected chi connectivity index (χ4v) is 3.38. The Morgan fingerprint density at radius 1 is 1.20 bits per heavy atom. The third kappa shape index (κ3) is 3.41. The second-order valence-electron chi connectivity index (χ2n) is 4.96. The van der Waals surface area contributed by atoms with Crippen LogP contribution >= 0.6 is 27.5 Å². The Balaban J connectivity index is 2.34. The summed E-state index contributed by atoms with van der Waals surface area (Å²) in [7, 11) is 0. The highest BCUT2D eigenvalue weighted by Crippen LogP contribution is 2.29. The lowest BCUT2D eigenvalue weighted by atomic mass is 9.93. The number of hydrogen-bond acceptors (Lipinski definition) is 2. The predicted molar refractivity (Wildman–Crippen MR) is 88.8 cm³/mol. The third-order valence-electron chi connectivity index (χ3n) is 3.59. The quantitative estimate of drug-likeness (QED) is 0.629. The van der Waals surface area contributed by atoms with Crippen molar-refractivity contribution in [1.29, 1.82) is 0 Å². The Bertz CT molecular complexity index is 593. The van der Waals surface area contributed by atoms with Gasteiger partial charge in [-0.2, -0.15) is 0 Å². The molecule has 3 N–H and O–H groups in total. The zero-order chi connectivity index (χ0) is 14.7. The van der Waals surface area contributed by atoms with Crippen molar-refractivity contribution in [3.8, 4) is 0 Å². The maximum absolute atomic E-state index is 5.99. The van der Waals surface area contributed by atoms with Gasteiger partial charge in [-0.3, -0.25) is 11.3 Å². The van der Waals surface area contributed by atoms with Crippen LogP contribution in [0.4, 0.5) is 0 Å². The highest BCUT2D eigenvalue weighted by Gasteiger charge is 2.16. The van der Waals surface area contributed by atoms with Gasteiger partial charge >= 0.3 is 0 Å². The molecule has 2 rings (SSSR count). The summed E-state index contributed by atoms with van der Waals surface area (Å²) in [4.78, 5) is 0. The summed E-state index contributed by atoms with van der Waals surface area (Å²) in [5, 5.41) is 0.712.